The second-order valence-electron chi connectivity index (χ2n) is 3.71. The third kappa shape index (κ3) is 0.839. The number of aliphatic imine (C=N–C) groups is 2. The minimum absolute atomic E-state index is 0.923. The van der Waals surface area contributed by atoms with Crippen LogP contribution in [0.4, 0.5) is 11.4 Å². The van der Waals surface area contributed by atoms with E-state index in [2.05, 4.69) is 20.0 Å². The fraction of sp³-hybridized carbons (Fsp3) is 0. The van der Waals surface area contributed by atoms with E-state index >= 15 is 0 Å². The van der Waals surface area contributed by atoms with Crippen molar-refractivity contribution >= 4 is 34.8 Å². The molecule has 2 aliphatic rings. The van der Waals surface area contributed by atoms with Crippen LogP contribution in [0.1, 0.15) is 0 Å². The van der Waals surface area contributed by atoms with Crippen molar-refractivity contribution in [3.05, 3.63) is 35.0 Å². The van der Waals surface area contributed by atoms with Crippen LogP contribution in [0.5, 0.6) is 0 Å². The average molecular weight is 206 g/mol. The van der Waals surface area contributed by atoms with Crippen molar-refractivity contribution in [1.29, 1.82) is 0 Å². The Balaban J connectivity index is 2.31. The maximum absolute atomic E-state index is 4.28. The Kier molecular flexibility index (Phi) is 1.28. The van der Waals surface area contributed by atoms with Gasteiger partial charge < -0.3 is 0 Å². The molecule has 0 bridgehead atoms. The van der Waals surface area contributed by atoms with E-state index in [-0.39, 0.29) is 0 Å². The van der Waals surface area contributed by atoms with Crippen molar-refractivity contribution in [2.24, 2.45) is 20.0 Å². The zero-order chi connectivity index (χ0) is 10.5. The standard InChI is InChI=1S/C12H6N4/c1-3-9-12(16-5-13-9)8-2-4-10-11(7(1)8)15-6-14-10/h1-6H. The van der Waals surface area contributed by atoms with Gasteiger partial charge in [0.1, 0.15) is 12.7 Å². The van der Waals surface area contributed by atoms with Crippen LogP contribution in [0.3, 0.4) is 0 Å². The van der Waals surface area contributed by atoms with Crippen LogP contribution in [0, 0.1) is 0 Å². The smallest absolute Gasteiger partial charge is 0.116 e. The SMILES string of the molecule is C1=Nc2ccc3c4c(ccc3c2=N1)N=CN=4. The van der Waals surface area contributed by atoms with Crippen molar-refractivity contribution in [3.63, 3.8) is 0 Å². The summed E-state index contributed by atoms with van der Waals surface area (Å²) in [4.78, 5) is 16.9. The summed E-state index contributed by atoms with van der Waals surface area (Å²) in [6.45, 7) is 0. The van der Waals surface area contributed by atoms with E-state index in [1.807, 2.05) is 24.3 Å². The average Bonchev–Trinajstić information content (AvgIpc) is 2.96. The highest BCUT2D eigenvalue weighted by Crippen LogP contribution is 2.19. The van der Waals surface area contributed by atoms with Gasteiger partial charge in [0.2, 0.25) is 0 Å². The van der Waals surface area contributed by atoms with E-state index in [4.69, 9.17) is 0 Å². The highest BCUT2D eigenvalue weighted by molar-refractivity contribution is 5.91. The lowest BCUT2D eigenvalue weighted by Crippen LogP contribution is -2.08. The molecule has 0 unspecified atom stereocenters. The first-order valence-electron chi connectivity index (χ1n) is 5.00. The Hall–Kier alpha value is -2.36. The summed E-state index contributed by atoms with van der Waals surface area (Å²) in [5.74, 6) is 0. The summed E-state index contributed by atoms with van der Waals surface area (Å²) in [5.41, 5.74) is 1.85. The molecule has 2 aromatic carbocycles. The number of rotatable bonds is 0. The predicted molar refractivity (Wildman–Crippen MR) is 62.6 cm³/mol. The number of nitrogens with zero attached hydrogens (tertiary/aromatic N) is 4. The molecule has 74 valence electrons. The van der Waals surface area contributed by atoms with E-state index in [1.54, 1.807) is 12.7 Å². The monoisotopic (exact) mass is 206 g/mol. The van der Waals surface area contributed by atoms with Crippen LogP contribution in [0.2, 0.25) is 0 Å². The highest BCUT2D eigenvalue weighted by atomic mass is 14.9. The molecule has 2 aromatic rings. The molecule has 0 N–H and O–H groups in total. The molecular formula is C12H6N4. The van der Waals surface area contributed by atoms with Gasteiger partial charge in [0, 0.05) is 10.8 Å². The summed E-state index contributed by atoms with van der Waals surface area (Å²) in [6.07, 6.45) is 3.18. The normalized spacial score (nSPS) is 14.8. The fourth-order valence-corrected chi connectivity index (χ4v) is 2.13. The lowest BCUT2D eigenvalue weighted by Gasteiger charge is -1.99. The third-order valence-electron chi connectivity index (χ3n) is 2.87. The maximum Gasteiger partial charge on any atom is 0.116 e. The van der Waals surface area contributed by atoms with Crippen molar-refractivity contribution in [2.75, 3.05) is 0 Å². The first-order chi connectivity index (χ1) is 7.93. The topological polar surface area (TPSA) is 49.4 Å². The van der Waals surface area contributed by atoms with E-state index in [0.717, 1.165) is 32.9 Å². The molecule has 4 nitrogen and oxygen atoms in total. The molecule has 0 fully saturated rings. The van der Waals surface area contributed by atoms with Gasteiger partial charge in [-0.05, 0) is 24.3 Å². The summed E-state index contributed by atoms with van der Waals surface area (Å²) in [6, 6.07) is 8.00. The lowest BCUT2D eigenvalue weighted by atomic mass is 10.1. The number of benzene rings is 2. The van der Waals surface area contributed by atoms with E-state index in [1.165, 1.54) is 0 Å². The minimum atomic E-state index is 0.923. The Morgan fingerprint density at radius 1 is 0.625 bits per heavy atom. The van der Waals surface area contributed by atoms with Crippen LogP contribution in [-0.2, 0) is 0 Å². The molecular weight excluding hydrogens is 200 g/mol. The molecule has 2 aliphatic heterocycles. The largest absolute Gasteiger partial charge is 0.235 e. The molecule has 2 heterocycles. The molecule has 0 aliphatic carbocycles. The first kappa shape index (κ1) is 7.87. The van der Waals surface area contributed by atoms with Crippen LogP contribution in [-0.4, -0.2) is 12.7 Å². The van der Waals surface area contributed by atoms with Crippen LogP contribution < -0.4 is 10.7 Å². The predicted octanol–water partition coefficient (Wildman–Crippen LogP) is 1.43. The van der Waals surface area contributed by atoms with E-state index in [0.29, 0.717) is 0 Å². The van der Waals surface area contributed by atoms with Gasteiger partial charge in [0.15, 0.2) is 0 Å². The van der Waals surface area contributed by atoms with Gasteiger partial charge in [0.05, 0.1) is 22.1 Å². The molecule has 0 atom stereocenters. The van der Waals surface area contributed by atoms with E-state index < -0.39 is 0 Å². The molecule has 4 heteroatoms. The second kappa shape index (κ2) is 2.61. The molecule has 0 aromatic heterocycles. The van der Waals surface area contributed by atoms with Gasteiger partial charge in [-0.25, -0.2) is 20.0 Å². The van der Waals surface area contributed by atoms with Gasteiger partial charge in [-0.3, -0.25) is 0 Å². The van der Waals surface area contributed by atoms with Gasteiger partial charge in [-0.1, -0.05) is 0 Å². The van der Waals surface area contributed by atoms with Crippen LogP contribution in [0.15, 0.2) is 44.2 Å². The maximum atomic E-state index is 4.28. The van der Waals surface area contributed by atoms with Crippen molar-refractivity contribution in [1.82, 2.24) is 0 Å². The van der Waals surface area contributed by atoms with E-state index in [9.17, 15) is 0 Å². The highest BCUT2D eigenvalue weighted by Gasteiger charge is 2.09. The van der Waals surface area contributed by atoms with Crippen LogP contribution >= 0.6 is 0 Å². The molecule has 0 saturated heterocycles. The molecule has 0 spiro atoms. The number of fused-ring (bicyclic) bond motifs is 5. The Labute approximate surface area is 90.4 Å². The second-order valence-corrected chi connectivity index (χ2v) is 3.71. The molecule has 16 heavy (non-hydrogen) atoms. The lowest BCUT2D eigenvalue weighted by molar-refractivity contribution is 1.46. The molecule has 0 saturated carbocycles. The number of hydrogen-bond acceptors (Lipinski definition) is 4. The Morgan fingerprint density at radius 2 is 1.12 bits per heavy atom. The zero-order valence-electron chi connectivity index (χ0n) is 8.25. The van der Waals surface area contributed by atoms with Gasteiger partial charge in [0.25, 0.3) is 0 Å². The first-order valence-corrected chi connectivity index (χ1v) is 5.00. The van der Waals surface area contributed by atoms with Crippen molar-refractivity contribution < 1.29 is 0 Å². The van der Waals surface area contributed by atoms with Crippen molar-refractivity contribution in [2.45, 2.75) is 0 Å². The molecule has 4 rings (SSSR count). The summed E-state index contributed by atoms with van der Waals surface area (Å²) in [7, 11) is 0. The minimum Gasteiger partial charge on any atom is -0.235 e. The Morgan fingerprint density at radius 3 is 1.62 bits per heavy atom. The van der Waals surface area contributed by atoms with Crippen LogP contribution in [0.25, 0.3) is 10.8 Å². The quantitative estimate of drug-likeness (QED) is 0.626. The molecule has 0 radical (unpaired) electrons. The van der Waals surface area contributed by atoms with Gasteiger partial charge >= 0.3 is 0 Å². The number of hydrogen-bond donors (Lipinski definition) is 0. The third-order valence-corrected chi connectivity index (χ3v) is 2.87. The molecule has 0 amide bonds. The zero-order valence-corrected chi connectivity index (χ0v) is 8.25. The Bertz CT molecular complexity index is 731. The summed E-state index contributed by atoms with van der Waals surface area (Å²) >= 11 is 0. The van der Waals surface area contributed by atoms with Gasteiger partial charge in [-0.15, -0.1) is 0 Å². The van der Waals surface area contributed by atoms with Crippen molar-refractivity contribution in [3.8, 4) is 0 Å². The summed E-state index contributed by atoms with van der Waals surface area (Å²) in [5, 5.41) is 4.04. The fourth-order valence-electron chi connectivity index (χ4n) is 2.13. The summed E-state index contributed by atoms with van der Waals surface area (Å²) < 4.78 is 0. The van der Waals surface area contributed by atoms with Gasteiger partial charge in [-0.2, -0.15) is 0 Å².